The van der Waals surface area contributed by atoms with Crippen LogP contribution in [0.2, 0.25) is 0 Å². The Morgan fingerprint density at radius 2 is 0.806 bits per heavy atom. The number of nitrogens with zero attached hydrogens (tertiary/aromatic N) is 2. The van der Waals surface area contributed by atoms with Crippen LogP contribution in [0.3, 0.4) is 0 Å². The predicted molar refractivity (Wildman–Crippen MR) is 417 cm³/mol. The van der Waals surface area contributed by atoms with Crippen LogP contribution in [0.25, 0.3) is 32.7 Å². The van der Waals surface area contributed by atoms with E-state index in [0.717, 1.165) is 52.1 Å². The molecule has 2 heterocycles. The van der Waals surface area contributed by atoms with Crippen LogP contribution in [-0.2, 0) is 5.41 Å². The fourth-order valence-corrected chi connectivity index (χ4v) is 107. The summed E-state index contributed by atoms with van der Waals surface area (Å²) in [5, 5.41) is 3.01. The minimum Gasteiger partial charge on any atom is -0.481 e. The molecule has 1 aliphatic carbocycles. The Morgan fingerprint density at radius 3 is 1.17 bits per heavy atom. The second-order valence-electron chi connectivity index (χ2n) is 20.9. The van der Waals surface area contributed by atoms with Crippen molar-refractivity contribution in [3.05, 3.63) is 251 Å². The molecule has 468 valence electrons. The number of carbonyl (C=O) groups excluding carboxylic acids is 4. The largest absolute Gasteiger partial charge is 0.481 e. The van der Waals surface area contributed by atoms with Gasteiger partial charge in [0.1, 0.15) is 47.7 Å². The third-order valence-electron chi connectivity index (χ3n) is 15.2. The monoisotopic (exact) mass is 1430 g/mol. The lowest BCUT2D eigenvalue weighted by atomic mass is 9.68. The Labute approximate surface area is 563 Å². The van der Waals surface area contributed by atoms with Gasteiger partial charge in [0, 0.05) is 10.8 Å². The van der Waals surface area contributed by atoms with E-state index < -0.39 is 29.0 Å². The van der Waals surface area contributed by atoms with Crippen molar-refractivity contribution < 1.29 is 38.1 Å². The molecular formula is C72H67N2O8P11. The standard InChI is InChI=1S/C67H40N2O8.C3H8.C2H6.H13P11/c1-3-35-74-47-27-31-51-41(37-47)11-9-17-61(51)68-63(70)55-33-29-49(39-57(55)65(68)72)76-45-23-19-43(20-24-45)67(59-15-7-5-13-53(59)54-14-6-8-16-60(54)67)44-21-25-46(26-22-44)77-50-30-34-56-58(40-50)66(73)69(64(56)71)62-18-10-12-42-38-48(75-36-4-2)28-32-52(42)62;1-3-2;1-2;1-7-10(6)11(8(2)3)9(4)5/h1-2,5-34,37-40H,35-36H2;3H2,1-2H3;1-2H3;7H,1-6H2. The summed E-state index contributed by atoms with van der Waals surface area (Å²) in [6.45, 7) is 9.25. The molecule has 0 spiro atoms. The molecule has 0 bridgehead atoms. The van der Waals surface area contributed by atoms with E-state index >= 15 is 0 Å². The first kappa shape index (κ1) is 69.9. The summed E-state index contributed by atoms with van der Waals surface area (Å²) < 4.78 is 24.1. The summed E-state index contributed by atoms with van der Waals surface area (Å²) in [6.07, 6.45) is 12.0. The normalized spacial score (nSPS) is 13.5. The number of anilines is 2. The maximum Gasteiger partial charge on any atom is 0.266 e. The van der Waals surface area contributed by atoms with Gasteiger partial charge in [-0.25, -0.2) is 9.80 Å². The highest BCUT2D eigenvalue weighted by atomic mass is 33.2. The summed E-state index contributed by atoms with van der Waals surface area (Å²) >= 11 is 0. The average molecular weight is 1430 g/mol. The van der Waals surface area contributed by atoms with E-state index in [1.807, 2.05) is 86.6 Å². The van der Waals surface area contributed by atoms with Gasteiger partial charge >= 0.3 is 0 Å². The molecule has 4 amide bonds. The minimum absolute atomic E-state index is 0.120. The summed E-state index contributed by atoms with van der Waals surface area (Å²) in [6, 6.07) is 64.3. The first-order valence-electron chi connectivity index (χ1n) is 29.5. The van der Waals surface area contributed by atoms with Gasteiger partial charge in [0.25, 0.3) is 23.6 Å². The fraction of sp³-hybridized carbons (Fsp3) is 0.111. The van der Waals surface area contributed by atoms with E-state index in [4.69, 9.17) is 31.8 Å². The van der Waals surface area contributed by atoms with E-state index in [2.05, 4.69) is 140 Å². The molecule has 10 aromatic rings. The molecule has 0 N–H and O–H groups in total. The molecule has 21 heteroatoms. The molecule has 2 aliphatic heterocycles. The van der Waals surface area contributed by atoms with Crippen LogP contribution in [0.15, 0.2) is 206 Å². The van der Waals surface area contributed by atoms with Gasteiger partial charge in [0.2, 0.25) is 0 Å². The van der Waals surface area contributed by atoms with Gasteiger partial charge < -0.3 is 18.9 Å². The average Bonchev–Trinajstić information content (AvgIpc) is 1.57. The zero-order valence-electron chi connectivity index (χ0n) is 51.3. The quantitative estimate of drug-likeness (QED) is 0.0534. The fourth-order valence-electron chi connectivity index (χ4n) is 11.5. The number of terminal acetylenes is 2. The van der Waals surface area contributed by atoms with E-state index in [1.165, 1.54) is 16.2 Å². The Bertz CT molecular complexity index is 4270. The number of amides is 4. The summed E-state index contributed by atoms with van der Waals surface area (Å²) in [5.41, 5.74) is 7.65. The number of hydrogen-bond donors (Lipinski definition) is 0. The molecule has 8 unspecified atom stereocenters. The topological polar surface area (TPSA) is 112 Å². The lowest BCUT2D eigenvalue weighted by molar-refractivity contribution is 0.0910. The van der Waals surface area contributed by atoms with Gasteiger partial charge in [-0.2, -0.15) is 0 Å². The first-order valence-corrected chi connectivity index (χ1v) is 48.8. The van der Waals surface area contributed by atoms with Crippen molar-refractivity contribution in [1.82, 2.24) is 0 Å². The number of benzene rings is 10. The van der Waals surface area contributed by atoms with Crippen molar-refractivity contribution in [1.29, 1.82) is 0 Å². The van der Waals surface area contributed by atoms with Crippen molar-refractivity contribution in [3.8, 4) is 70.3 Å². The summed E-state index contributed by atoms with van der Waals surface area (Å²) in [7, 11) is 18.9. The van der Waals surface area contributed by atoms with Crippen LogP contribution in [0, 0.1) is 24.7 Å². The van der Waals surface area contributed by atoms with Crippen molar-refractivity contribution >= 4 is 146 Å². The number of carbonyl (C=O) groups is 4. The molecule has 0 aromatic heterocycles. The lowest BCUT2D eigenvalue weighted by Crippen LogP contribution is -2.29. The third kappa shape index (κ3) is 14.3. The number of hydrogen-bond acceptors (Lipinski definition) is 8. The number of ether oxygens (including phenoxy) is 4. The summed E-state index contributed by atoms with van der Waals surface area (Å²) in [5.74, 6) is 6.23. The van der Waals surface area contributed by atoms with Gasteiger partial charge in [-0.1, -0.05) is 151 Å². The van der Waals surface area contributed by atoms with E-state index in [9.17, 15) is 19.2 Å². The molecule has 93 heavy (non-hydrogen) atoms. The van der Waals surface area contributed by atoms with Gasteiger partial charge in [0.15, 0.2) is 0 Å². The molecular weight excluding hydrogens is 1360 g/mol. The van der Waals surface area contributed by atoms with Crippen LogP contribution >= 0.6 is 89.5 Å². The Morgan fingerprint density at radius 1 is 0.441 bits per heavy atom. The third-order valence-corrected chi connectivity index (χ3v) is 74.3. The maximum atomic E-state index is 14.1. The van der Waals surface area contributed by atoms with Crippen LogP contribution in [0.5, 0.6) is 34.5 Å². The number of imide groups is 2. The van der Waals surface area contributed by atoms with Crippen LogP contribution in [0.4, 0.5) is 11.4 Å². The highest BCUT2D eigenvalue weighted by Gasteiger charge is 2.46. The molecule has 8 atom stereocenters. The van der Waals surface area contributed by atoms with Crippen LogP contribution < -0.4 is 28.7 Å². The van der Waals surface area contributed by atoms with Crippen LogP contribution in [-0.4, -0.2) is 36.8 Å². The zero-order chi connectivity index (χ0) is 66.1. The molecule has 13 rings (SSSR count). The van der Waals surface area contributed by atoms with Crippen molar-refractivity contribution in [2.75, 3.05) is 23.0 Å². The lowest BCUT2D eigenvalue weighted by Gasteiger charge is -2.34. The molecule has 10 nitrogen and oxygen atoms in total. The molecule has 10 aromatic carbocycles. The number of fused-ring (bicyclic) bond motifs is 7. The van der Waals surface area contributed by atoms with Crippen molar-refractivity contribution in [3.63, 3.8) is 0 Å². The Balaban J connectivity index is 0.000000530. The van der Waals surface area contributed by atoms with Crippen molar-refractivity contribution in [2.24, 2.45) is 0 Å². The minimum atomic E-state index is -0.756. The Kier molecular flexibility index (Phi) is 23.8. The highest BCUT2D eigenvalue weighted by Crippen LogP contribution is 3.12. The molecule has 3 aliphatic rings. The highest BCUT2D eigenvalue weighted by molar-refractivity contribution is 9.18. The predicted octanol–water partition coefficient (Wildman–Crippen LogP) is 22.0. The van der Waals surface area contributed by atoms with E-state index in [-0.39, 0.29) is 63.4 Å². The second kappa shape index (κ2) is 31.7. The molecule has 0 saturated heterocycles. The van der Waals surface area contributed by atoms with Crippen LogP contribution in [0.1, 0.15) is 97.8 Å². The maximum absolute atomic E-state index is 14.1. The zero-order valence-corrected chi connectivity index (χ0v) is 62.8. The van der Waals surface area contributed by atoms with E-state index in [1.54, 1.807) is 72.8 Å². The van der Waals surface area contributed by atoms with Gasteiger partial charge in [0.05, 0.1) is 39.0 Å². The molecule has 0 fully saturated rings. The molecule has 0 radical (unpaired) electrons. The number of rotatable bonds is 16. The van der Waals surface area contributed by atoms with Gasteiger partial charge in [-0.15, -0.1) is 66.4 Å². The second-order valence-corrected chi connectivity index (χ2v) is 60.0. The van der Waals surface area contributed by atoms with E-state index in [0.29, 0.717) is 56.6 Å². The Hall–Kier alpha value is -5.95. The van der Waals surface area contributed by atoms with Crippen molar-refractivity contribution in [2.45, 2.75) is 39.5 Å². The van der Waals surface area contributed by atoms with Gasteiger partial charge in [-0.05, 0) is 181 Å². The summed E-state index contributed by atoms with van der Waals surface area (Å²) in [4.78, 5) is 58.3. The molecule has 0 saturated carbocycles. The van der Waals surface area contributed by atoms with Gasteiger partial charge in [-0.3, -0.25) is 19.2 Å². The first-order chi connectivity index (χ1) is 45.1. The SMILES string of the molecule is C#CCOc1ccc2c(N3C(=O)c4ccc(Oc5ccc(C6(c7ccc(Oc8ccc9c(c8)C(=O)N(c8cccc%10cc(OCC#C)ccc8%10)C9=O)cc7)c7ccccc7-c7ccccc76)cc5)cc4C3=O)cccc2c1.CC.CCC.PPP(P)P(P(P)P)P(P)P. The smallest absolute Gasteiger partial charge is 0.266 e.